The average Bonchev–Trinajstić information content (AvgIpc) is 2.92. The Labute approximate surface area is 164 Å². The van der Waals surface area contributed by atoms with Crippen molar-refractivity contribution in [3.63, 3.8) is 0 Å². The van der Waals surface area contributed by atoms with Gasteiger partial charge in [0, 0.05) is 17.7 Å². The minimum atomic E-state index is -1.12. The van der Waals surface area contributed by atoms with E-state index < -0.39 is 23.4 Å². The Kier molecular flexibility index (Phi) is 6.04. The van der Waals surface area contributed by atoms with Crippen LogP contribution in [-0.2, 0) is 18.3 Å². The van der Waals surface area contributed by atoms with Crippen molar-refractivity contribution >= 4 is 33.8 Å². The Balaban J connectivity index is 2.11. The summed E-state index contributed by atoms with van der Waals surface area (Å²) in [6, 6.07) is 4.50. The van der Waals surface area contributed by atoms with Crippen molar-refractivity contribution in [1.29, 1.82) is 0 Å². The second-order valence-corrected chi connectivity index (χ2v) is 7.70. The summed E-state index contributed by atoms with van der Waals surface area (Å²) in [5, 5.41) is 15.8. The molecular formula is C18H20BrN3O5. The van der Waals surface area contributed by atoms with Gasteiger partial charge in [0.25, 0.3) is 5.91 Å². The van der Waals surface area contributed by atoms with Crippen molar-refractivity contribution in [2.75, 3.05) is 0 Å². The topological polar surface area (TPSA) is 111 Å². The highest BCUT2D eigenvalue weighted by atomic mass is 79.9. The van der Waals surface area contributed by atoms with Crippen molar-refractivity contribution in [3.8, 4) is 0 Å². The summed E-state index contributed by atoms with van der Waals surface area (Å²) in [6.45, 7) is 5.27. The quantitative estimate of drug-likeness (QED) is 0.695. The Bertz CT molecular complexity index is 899. The van der Waals surface area contributed by atoms with Gasteiger partial charge in [0.2, 0.25) is 0 Å². The molecule has 27 heavy (non-hydrogen) atoms. The van der Waals surface area contributed by atoms with Crippen LogP contribution >= 0.6 is 15.9 Å². The number of esters is 1. The number of nitrogens with zero attached hydrogens (tertiary/aromatic N) is 2. The lowest BCUT2D eigenvalue weighted by atomic mass is 10.1. The van der Waals surface area contributed by atoms with E-state index in [9.17, 15) is 14.4 Å². The minimum absolute atomic E-state index is 0.0251. The van der Waals surface area contributed by atoms with Crippen molar-refractivity contribution in [1.82, 2.24) is 15.1 Å². The number of ether oxygens (including phenoxy) is 1. The largest absolute Gasteiger partial charge is 0.478 e. The molecule has 0 aliphatic carbocycles. The first-order valence-corrected chi connectivity index (χ1v) is 8.84. The maximum Gasteiger partial charge on any atom is 0.339 e. The van der Waals surface area contributed by atoms with E-state index in [1.807, 2.05) is 0 Å². The van der Waals surface area contributed by atoms with Crippen molar-refractivity contribution in [2.24, 2.45) is 7.05 Å². The fraction of sp³-hybridized carbons (Fsp3) is 0.333. The molecule has 0 bridgehead atoms. The molecule has 144 valence electrons. The Morgan fingerprint density at radius 3 is 2.48 bits per heavy atom. The van der Waals surface area contributed by atoms with Gasteiger partial charge in [-0.1, -0.05) is 0 Å². The normalized spacial score (nSPS) is 11.1. The van der Waals surface area contributed by atoms with Crippen LogP contribution < -0.4 is 5.32 Å². The Morgan fingerprint density at radius 2 is 1.93 bits per heavy atom. The van der Waals surface area contributed by atoms with Crippen LogP contribution in [0.1, 0.15) is 57.5 Å². The summed E-state index contributed by atoms with van der Waals surface area (Å²) in [5.74, 6) is -2.04. The second kappa shape index (κ2) is 7.91. The van der Waals surface area contributed by atoms with Crippen LogP contribution in [0.2, 0.25) is 0 Å². The van der Waals surface area contributed by atoms with Gasteiger partial charge >= 0.3 is 11.9 Å². The zero-order valence-corrected chi connectivity index (χ0v) is 17.0. The Morgan fingerprint density at radius 1 is 1.26 bits per heavy atom. The first-order valence-electron chi connectivity index (χ1n) is 8.05. The monoisotopic (exact) mass is 437 g/mol. The molecule has 2 aromatic rings. The Hall–Kier alpha value is -2.68. The SMILES string of the molecule is Cn1cc(C(=O)O)c(CNC(=O)c2ccc(C(=O)OC(C)(C)C)cc2Br)n1. The molecule has 9 heteroatoms. The predicted molar refractivity (Wildman–Crippen MR) is 101 cm³/mol. The maximum atomic E-state index is 12.4. The molecule has 0 aliphatic rings. The van der Waals surface area contributed by atoms with Gasteiger partial charge in [-0.3, -0.25) is 9.48 Å². The summed E-state index contributed by atoms with van der Waals surface area (Å²) >= 11 is 3.28. The fourth-order valence-electron chi connectivity index (χ4n) is 2.27. The van der Waals surface area contributed by atoms with E-state index in [0.717, 1.165) is 0 Å². The van der Waals surface area contributed by atoms with E-state index in [1.165, 1.54) is 29.1 Å². The summed E-state index contributed by atoms with van der Waals surface area (Å²) in [4.78, 5) is 35.7. The van der Waals surface area contributed by atoms with E-state index in [4.69, 9.17) is 9.84 Å². The van der Waals surface area contributed by atoms with Gasteiger partial charge in [-0.15, -0.1) is 0 Å². The van der Waals surface area contributed by atoms with Crippen LogP contribution in [0.15, 0.2) is 28.9 Å². The van der Waals surface area contributed by atoms with Crippen LogP contribution in [0.3, 0.4) is 0 Å². The van der Waals surface area contributed by atoms with Crippen molar-refractivity contribution < 1.29 is 24.2 Å². The highest BCUT2D eigenvalue weighted by Gasteiger charge is 2.20. The van der Waals surface area contributed by atoms with Crippen molar-refractivity contribution in [2.45, 2.75) is 32.9 Å². The van der Waals surface area contributed by atoms with Crippen LogP contribution in [0.4, 0.5) is 0 Å². The highest BCUT2D eigenvalue weighted by molar-refractivity contribution is 9.10. The standard InChI is InChI=1S/C18H20BrN3O5/c1-18(2,3)27-17(26)10-5-6-11(13(19)7-10)15(23)20-8-14-12(16(24)25)9-22(4)21-14/h5-7,9H,8H2,1-4H3,(H,20,23)(H,24,25). The molecule has 2 N–H and O–H groups in total. The number of carbonyl (C=O) groups excluding carboxylic acids is 2. The van der Waals surface area contributed by atoms with Crippen LogP contribution in [0.5, 0.6) is 0 Å². The van der Waals surface area contributed by atoms with Gasteiger partial charge in [0.05, 0.1) is 23.4 Å². The minimum Gasteiger partial charge on any atom is -0.478 e. The number of aromatic carboxylic acids is 1. The summed E-state index contributed by atoms with van der Waals surface area (Å²) < 4.78 is 7.09. The van der Waals surface area contributed by atoms with Crippen LogP contribution in [0.25, 0.3) is 0 Å². The van der Waals surface area contributed by atoms with Crippen LogP contribution in [0, 0.1) is 0 Å². The number of aromatic nitrogens is 2. The molecule has 0 atom stereocenters. The molecule has 1 heterocycles. The maximum absolute atomic E-state index is 12.4. The molecule has 0 saturated carbocycles. The van der Waals surface area contributed by atoms with E-state index in [1.54, 1.807) is 27.8 Å². The predicted octanol–water partition coefficient (Wildman–Crippen LogP) is 2.77. The molecule has 0 fully saturated rings. The first kappa shape index (κ1) is 20.6. The van der Waals surface area contributed by atoms with Gasteiger partial charge in [0.15, 0.2) is 0 Å². The number of halogens is 1. The number of carbonyl (C=O) groups is 3. The molecule has 0 spiro atoms. The second-order valence-electron chi connectivity index (χ2n) is 6.85. The van der Waals surface area contributed by atoms with E-state index in [2.05, 4.69) is 26.3 Å². The molecule has 1 amide bonds. The molecular weight excluding hydrogens is 418 g/mol. The zero-order chi connectivity index (χ0) is 20.4. The number of hydrogen-bond donors (Lipinski definition) is 2. The average molecular weight is 438 g/mol. The molecule has 0 aliphatic heterocycles. The lowest BCUT2D eigenvalue weighted by Gasteiger charge is -2.19. The smallest absolute Gasteiger partial charge is 0.339 e. The lowest BCUT2D eigenvalue weighted by Crippen LogP contribution is -2.25. The number of carboxylic acid groups (broad SMARTS) is 1. The summed E-state index contributed by atoms with van der Waals surface area (Å²) in [7, 11) is 1.60. The number of aryl methyl sites for hydroxylation is 1. The number of nitrogens with one attached hydrogen (secondary N) is 1. The third-order valence-corrected chi connectivity index (χ3v) is 4.06. The van der Waals surface area contributed by atoms with E-state index >= 15 is 0 Å². The lowest BCUT2D eigenvalue weighted by molar-refractivity contribution is 0.00690. The number of carboxylic acids is 1. The number of amides is 1. The fourth-order valence-corrected chi connectivity index (χ4v) is 2.83. The van der Waals surface area contributed by atoms with Gasteiger partial charge in [-0.2, -0.15) is 5.10 Å². The molecule has 0 radical (unpaired) electrons. The molecule has 8 nitrogen and oxygen atoms in total. The highest BCUT2D eigenvalue weighted by Crippen LogP contribution is 2.21. The molecule has 1 aromatic carbocycles. The number of benzene rings is 1. The van der Waals surface area contributed by atoms with Gasteiger partial charge in [0.1, 0.15) is 11.2 Å². The first-order chi connectivity index (χ1) is 12.5. The third-order valence-electron chi connectivity index (χ3n) is 3.40. The molecule has 0 unspecified atom stereocenters. The summed E-state index contributed by atoms with van der Waals surface area (Å²) in [6.07, 6.45) is 1.37. The van der Waals surface area contributed by atoms with Crippen LogP contribution in [-0.4, -0.2) is 38.3 Å². The van der Waals surface area contributed by atoms with E-state index in [-0.39, 0.29) is 17.8 Å². The third kappa shape index (κ3) is 5.40. The molecule has 1 aromatic heterocycles. The summed E-state index contributed by atoms with van der Waals surface area (Å²) in [5.41, 5.74) is 0.266. The number of rotatable bonds is 5. The van der Waals surface area contributed by atoms with Gasteiger partial charge < -0.3 is 15.2 Å². The molecule has 2 rings (SSSR count). The van der Waals surface area contributed by atoms with Gasteiger partial charge in [-0.05, 0) is 54.9 Å². The van der Waals surface area contributed by atoms with Gasteiger partial charge in [-0.25, -0.2) is 9.59 Å². The van der Waals surface area contributed by atoms with E-state index in [0.29, 0.717) is 15.6 Å². The van der Waals surface area contributed by atoms with Crippen molar-refractivity contribution in [3.05, 3.63) is 51.3 Å². The molecule has 0 saturated heterocycles. The number of hydrogen-bond acceptors (Lipinski definition) is 5. The zero-order valence-electron chi connectivity index (χ0n) is 15.4.